The Morgan fingerprint density at radius 3 is 2.77 bits per heavy atom. The van der Waals surface area contributed by atoms with Crippen LogP contribution in [-0.4, -0.2) is 38.2 Å². The predicted molar refractivity (Wildman–Crippen MR) is 98.2 cm³/mol. The number of nitrogens with two attached hydrogens (primary N) is 1. The molecule has 1 amide bonds. The number of benzene rings is 1. The molecule has 2 atom stereocenters. The highest BCUT2D eigenvalue weighted by Crippen LogP contribution is 2.26. The molecule has 1 saturated heterocycles. The minimum absolute atomic E-state index is 0.152. The molecule has 1 aliphatic rings. The van der Waals surface area contributed by atoms with Crippen LogP contribution in [0.15, 0.2) is 41.3 Å². The van der Waals surface area contributed by atoms with E-state index in [0.29, 0.717) is 23.5 Å². The Balaban J connectivity index is 1.81. The van der Waals surface area contributed by atoms with Crippen molar-refractivity contribution in [3.63, 3.8) is 0 Å². The maximum absolute atomic E-state index is 12.5. The molecule has 0 radical (unpaired) electrons. The molecule has 3 aromatic rings. The van der Waals surface area contributed by atoms with Crippen LogP contribution in [0.3, 0.4) is 0 Å². The zero-order valence-electron chi connectivity index (χ0n) is 14.4. The number of carbonyl (C=O) groups is 1. The highest BCUT2D eigenvalue weighted by atomic mass is 16.1. The van der Waals surface area contributed by atoms with Gasteiger partial charge in [0.05, 0.1) is 17.8 Å². The summed E-state index contributed by atoms with van der Waals surface area (Å²) in [6.07, 6.45) is 3.08. The van der Waals surface area contributed by atoms with E-state index in [2.05, 4.69) is 22.0 Å². The van der Waals surface area contributed by atoms with Crippen molar-refractivity contribution >= 4 is 22.9 Å². The van der Waals surface area contributed by atoms with Crippen LogP contribution in [0.25, 0.3) is 16.7 Å². The van der Waals surface area contributed by atoms with Gasteiger partial charge in [-0.1, -0.05) is 18.2 Å². The Morgan fingerprint density at radius 2 is 2.04 bits per heavy atom. The number of piperidine rings is 1. The van der Waals surface area contributed by atoms with Gasteiger partial charge in [0.2, 0.25) is 11.9 Å². The van der Waals surface area contributed by atoms with E-state index in [1.54, 1.807) is 4.68 Å². The molecule has 134 valence electrons. The van der Waals surface area contributed by atoms with Crippen LogP contribution >= 0.6 is 0 Å². The topological polar surface area (TPSA) is 110 Å². The summed E-state index contributed by atoms with van der Waals surface area (Å²) in [5.74, 6) is -0.121. The average Bonchev–Trinajstić information content (AvgIpc) is 3.07. The van der Waals surface area contributed by atoms with Crippen LogP contribution in [0.1, 0.15) is 19.8 Å². The second kappa shape index (κ2) is 6.29. The van der Waals surface area contributed by atoms with E-state index in [-0.39, 0.29) is 23.4 Å². The number of aromatic amines is 1. The standard InChI is InChI=1S/C18H20N6O2/c1-11-7-8-12(15(19)25)10-23(11)18-21-16-14(17(26)22-18)9-20-24(16)13-5-3-2-4-6-13/h2-6,9,11-12H,7-8,10H2,1H3,(H2,19,25)(H,21,22,26). The van der Waals surface area contributed by atoms with E-state index in [1.165, 1.54) is 6.20 Å². The van der Waals surface area contributed by atoms with Gasteiger partial charge in [-0.25, -0.2) is 4.68 Å². The average molecular weight is 352 g/mol. The monoisotopic (exact) mass is 352 g/mol. The van der Waals surface area contributed by atoms with Gasteiger partial charge in [-0.15, -0.1) is 0 Å². The highest BCUT2D eigenvalue weighted by molar-refractivity contribution is 5.78. The lowest BCUT2D eigenvalue weighted by Crippen LogP contribution is -2.47. The minimum atomic E-state index is -0.320. The Kier molecular flexibility index (Phi) is 3.95. The summed E-state index contributed by atoms with van der Waals surface area (Å²) in [6.45, 7) is 2.50. The second-order valence-electron chi connectivity index (χ2n) is 6.70. The molecule has 8 nitrogen and oxygen atoms in total. The third-order valence-corrected chi connectivity index (χ3v) is 4.98. The Bertz CT molecular complexity index is 1010. The molecule has 1 fully saturated rings. The van der Waals surface area contributed by atoms with Gasteiger partial charge >= 0.3 is 0 Å². The number of amides is 1. The van der Waals surface area contributed by atoms with Gasteiger partial charge in [0.15, 0.2) is 5.65 Å². The lowest BCUT2D eigenvalue weighted by molar-refractivity contribution is -0.122. The summed E-state index contributed by atoms with van der Waals surface area (Å²) in [7, 11) is 0. The second-order valence-corrected chi connectivity index (χ2v) is 6.70. The zero-order valence-corrected chi connectivity index (χ0v) is 14.4. The molecule has 3 heterocycles. The zero-order chi connectivity index (χ0) is 18.3. The number of rotatable bonds is 3. The number of fused-ring (bicyclic) bond motifs is 1. The number of hydrogen-bond donors (Lipinski definition) is 2. The largest absolute Gasteiger partial charge is 0.369 e. The van der Waals surface area contributed by atoms with Gasteiger partial charge in [-0.3, -0.25) is 14.6 Å². The van der Waals surface area contributed by atoms with Gasteiger partial charge in [0.1, 0.15) is 5.39 Å². The molecule has 8 heteroatoms. The summed E-state index contributed by atoms with van der Waals surface area (Å²) >= 11 is 0. The number of nitrogens with one attached hydrogen (secondary N) is 1. The third kappa shape index (κ3) is 2.73. The summed E-state index contributed by atoms with van der Waals surface area (Å²) in [6, 6.07) is 9.69. The normalized spacial score (nSPS) is 20.4. The first kappa shape index (κ1) is 16.3. The van der Waals surface area contributed by atoms with E-state index in [9.17, 15) is 9.59 Å². The maximum Gasteiger partial charge on any atom is 0.263 e. The minimum Gasteiger partial charge on any atom is -0.369 e. The van der Waals surface area contributed by atoms with E-state index in [1.807, 2.05) is 35.2 Å². The van der Waals surface area contributed by atoms with Crippen molar-refractivity contribution in [2.45, 2.75) is 25.8 Å². The Morgan fingerprint density at radius 1 is 1.27 bits per heavy atom. The summed E-state index contributed by atoms with van der Waals surface area (Å²) in [5, 5.41) is 4.74. The van der Waals surface area contributed by atoms with Gasteiger partial charge in [-0.2, -0.15) is 10.1 Å². The fourth-order valence-corrected chi connectivity index (χ4v) is 3.44. The summed E-state index contributed by atoms with van der Waals surface area (Å²) in [4.78, 5) is 33.6. The van der Waals surface area contributed by atoms with Crippen molar-refractivity contribution in [1.82, 2.24) is 19.7 Å². The van der Waals surface area contributed by atoms with E-state index < -0.39 is 0 Å². The van der Waals surface area contributed by atoms with Crippen molar-refractivity contribution in [3.05, 3.63) is 46.9 Å². The quantitative estimate of drug-likeness (QED) is 0.736. The number of carbonyl (C=O) groups excluding carboxylic acids is 1. The van der Waals surface area contributed by atoms with Gasteiger partial charge in [0, 0.05) is 12.6 Å². The molecule has 0 bridgehead atoms. The van der Waals surface area contributed by atoms with E-state index in [0.717, 1.165) is 18.5 Å². The van der Waals surface area contributed by atoms with Gasteiger partial charge < -0.3 is 10.6 Å². The molecular formula is C18H20N6O2. The third-order valence-electron chi connectivity index (χ3n) is 4.98. The first-order valence-electron chi connectivity index (χ1n) is 8.64. The number of nitrogens with zero attached hydrogens (tertiary/aromatic N) is 4. The first-order chi connectivity index (χ1) is 12.5. The lowest BCUT2D eigenvalue weighted by Gasteiger charge is -2.37. The smallest absolute Gasteiger partial charge is 0.263 e. The molecule has 1 aliphatic heterocycles. The number of hydrogen-bond acceptors (Lipinski definition) is 5. The van der Waals surface area contributed by atoms with Crippen molar-refractivity contribution in [2.75, 3.05) is 11.4 Å². The molecular weight excluding hydrogens is 332 g/mol. The lowest BCUT2D eigenvalue weighted by atomic mass is 9.93. The first-order valence-corrected chi connectivity index (χ1v) is 8.64. The number of H-pyrrole nitrogens is 1. The molecule has 1 aromatic carbocycles. The van der Waals surface area contributed by atoms with E-state index in [4.69, 9.17) is 5.73 Å². The van der Waals surface area contributed by atoms with Crippen molar-refractivity contribution in [3.8, 4) is 5.69 Å². The summed E-state index contributed by atoms with van der Waals surface area (Å²) in [5.41, 5.74) is 6.55. The fraction of sp³-hybridized carbons (Fsp3) is 0.333. The van der Waals surface area contributed by atoms with E-state index >= 15 is 0 Å². The number of para-hydroxylation sites is 1. The molecule has 2 aromatic heterocycles. The number of primary amides is 1. The van der Waals surface area contributed by atoms with Gasteiger partial charge in [-0.05, 0) is 31.9 Å². The molecule has 0 aliphatic carbocycles. The van der Waals surface area contributed by atoms with Crippen LogP contribution < -0.4 is 16.2 Å². The van der Waals surface area contributed by atoms with Gasteiger partial charge in [0.25, 0.3) is 5.56 Å². The number of anilines is 1. The van der Waals surface area contributed by atoms with Crippen LogP contribution in [0.2, 0.25) is 0 Å². The van der Waals surface area contributed by atoms with Crippen LogP contribution in [0, 0.1) is 5.92 Å². The van der Waals surface area contributed by atoms with Crippen molar-refractivity contribution < 1.29 is 4.79 Å². The van der Waals surface area contributed by atoms with Crippen molar-refractivity contribution in [1.29, 1.82) is 0 Å². The Hall–Kier alpha value is -3.16. The summed E-state index contributed by atoms with van der Waals surface area (Å²) < 4.78 is 1.65. The Labute approximate surface area is 149 Å². The number of aromatic nitrogens is 4. The van der Waals surface area contributed by atoms with Crippen LogP contribution in [0.4, 0.5) is 5.95 Å². The van der Waals surface area contributed by atoms with Crippen molar-refractivity contribution in [2.24, 2.45) is 11.7 Å². The SMILES string of the molecule is CC1CCC(C(N)=O)CN1c1nc2c(cnn2-c2ccccc2)c(=O)[nH]1. The fourth-order valence-electron chi connectivity index (χ4n) is 3.44. The molecule has 2 unspecified atom stereocenters. The van der Waals surface area contributed by atoms with Crippen LogP contribution in [0.5, 0.6) is 0 Å². The van der Waals surface area contributed by atoms with Crippen LogP contribution in [-0.2, 0) is 4.79 Å². The molecule has 26 heavy (non-hydrogen) atoms. The predicted octanol–water partition coefficient (Wildman–Crippen LogP) is 1.20. The molecule has 0 spiro atoms. The maximum atomic E-state index is 12.5. The molecule has 3 N–H and O–H groups in total. The molecule has 0 saturated carbocycles. The molecule has 4 rings (SSSR count). The highest BCUT2D eigenvalue weighted by Gasteiger charge is 2.30.